The highest BCUT2D eigenvalue weighted by Crippen LogP contribution is 2.16. The fourth-order valence-corrected chi connectivity index (χ4v) is 1.13. The number of nitrogens with two attached hydrogens (primary N) is 1. The van der Waals surface area contributed by atoms with Gasteiger partial charge in [0.2, 0.25) is 5.91 Å². The molecule has 0 saturated heterocycles. The molecule has 90 valence electrons. The van der Waals surface area contributed by atoms with Crippen molar-refractivity contribution in [2.45, 2.75) is 13.8 Å². The molecule has 0 aliphatic rings. The third-order valence-corrected chi connectivity index (χ3v) is 2.25. The summed E-state index contributed by atoms with van der Waals surface area (Å²) in [6, 6.07) is 4.24. The van der Waals surface area contributed by atoms with Gasteiger partial charge in [-0.25, -0.2) is 4.39 Å². The Morgan fingerprint density at radius 1 is 1.56 bits per heavy atom. The average Bonchev–Trinajstić information content (AvgIpc) is 2.20. The monoisotopic (exact) mass is 246 g/mol. The van der Waals surface area contributed by atoms with Crippen molar-refractivity contribution in [3.05, 3.63) is 29.6 Å². The molecule has 0 saturated carbocycles. The first-order valence-corrected chi connectivity index (χ1v) is 4.81. The van der Waals surface area contributed by atoms with E-state index in [9.17, 15) is 9.18 Å². The lowest BCUT2D eigenvalue weighted by Crippen LogP contribution is -2.26. The molecule has 0 fully saturated rings. The summed E-state index contributed by atoms with van der Waals surface area (Å²) in [6.45, 7) is 3.78. The molecule has 0 aliphatic carbocycles. The molecule has 0 radical (unpaired) electrons. The minimum atomic E-state index is -0.308. The smallest absolute Gasteiger partial charge is 0.228 e. The molecule has 5 heteroatoms. The number of rotatable bonds is 3. The van der Waals surface area contributed by atoms with E-state index in [1.807, 2.05) is 0 Å². The van der Waals surface area contributed by atoms with E-state index in [1.165, 1.54) is 12.1 Å². The maximum absolute atomic E-state index is 12.8. The zero-order valence-corrected chi connectivity index (χ0v) is 10.1. The molecule has 0 heterocycles. The summed E-state index contributed by atoms with van der Waals surface area (Å²) < 4.78 is 12.8. The van der Waals surface area contributed by atoms with Crippen molar-refractivity contribution in [2.75, 3.05) is 11.9 Å². The molecule has 1 atom stereocenters. The van der Waals surface area contributed by atoms with E-state index in [4.69, 9.17) is 5.73 Å². The van der Waals surface area contributed by atoms with Gasteiger partial charge in [0.1, 0.15) is 5.82 Å². The Morgan fingerprint density at radius 2 is 2.19 bits per heavy atom. The Labute approximate surface area is 101 Å². The lowest BCUT2D eigenvalue weighted by Gasteiger charge is -2.11. The van der Waals surface area contributed by atoms with Crippen LogP contribution in [0.15, 0.2) is 18.2 Å². The number of hydrogen-bond acceptors (Lipinski definition) is 2. The first-order valence-electron chi connectivity index (χ1n) is 4.81. The Hall–Kier alpha value is -1.13. The topological polar surface area (TPSA) is 55.1 Å². The molecule has 1 unspecified atom stereocenters. The van der Waals surface area contributed by atoms with Gasteiger partial charge in [0.05, 0.1) is 0 Å². The van der Waals surface area contributed by atoms with Gasteiger partial charge in [-0.2, -0.15) is 0 Å². The van der Waals surface area contributed by atoms with Gasteiger partial charge in [0.15, 0.2) is 0 Å². The second-order valence-electron chi connectivity index (χ2n) is 3.59. The number of nitrogens with one attached hydrogen (secondary N) is 1. The highest BCUT2D eigenvalue weighted by atomic mass is 35.5. The van der Waals surface area contributed by atoms with Crippen LogP contribution in [0.25, 0.3) is 0 Å². The van der Waals surface area contributed by atoms with Crippen LogP contribution in [0.1, 0.15) is 12.5 Å². The van der Waals surface area contributed by atoms with E-state index in [-0.39, 0.29) is 30.0 Å². The molecule has 1 aromatic carbocycles. The number of benzene rings is 1. The Bertz CT molecular complexity index is 371. The number of anilines is 1. The second kappa shape index (κ2) is 6.45. The quantitative estimate of drug-likeness (QED) is 0.858. The first-order chi connectivity index (χ1) is 7.04. The van der Waals surface area contributed by atoms with Crippen molar-refractivity contribution in [1.29, 1.82) is 0 Å². The summed E-state index contributed by atoms with van der Waals surface area (Å²) in [4.78, 5) is 11.5. The van der Waals surface area contributed by atoms with Gasteiger partial charge in [-0.05, 0) is 30.7 Å². The number of carbonyl (C=O) groups is 1. The highest BCUT2D eigenvalue weighted by Gasteiger charge is 2.11. The Balaban J connectivity index is 0.00000225. The number of amides is 1. The third-order valence-electron chi connectivity index (χ3n) is 2.25. The van der Waals surface area contributed by atoms with Gasteiger partial charge in [-0.3, -0.25) is 4.79 Å². The summed E-state index contributed by atoms with van der Waals surface area (Å²) >= 11 is 0. The largest absolute Gasteiger partial charge is 0.330 e. The van der Waals surface area contributed by atoms with Crippen LogP contribution in [-0.2, 0) is 4.79 Å². The summed E-state index contributed by atoms with van der Waals surface area (Å²) in [6.07, 6.45) is 0. The van der Waals surface area contributed by atoms with Crippen molar-refractivity contribution in [1.82, 2.24) is 0 Å². The molecule has 1 aromatic rings. The summed E-state index contributed by atoms with van der Waals surface area (Å²) in [7, 11) is 0. The van der Waals surface area contributed by atoms with E-state index in [0.29, 0.717) is 17.8 Å². The van der Waals surface area contributed by atoms with E-state index in [1.54, 1.807) is 19.9 Å². The fraction of sp³-hybridized carbons (Fsp3) is 0.364. The molecule has 3 N–H and O–H groups in total. The van der Waals surface area contributed by atoms with E-state index >= 15 is 0 Å². The van der Waals surface area contributed by atoms with Gasteiger partial charge >= 0.3 is 0 Å². The zero-order valence-electron chi connectivity index (χ0n) is 9.29. The van der Waals surface area contributed by atoms with Crippen molar-refractivity contribution in [3.63, 3.8) is 0 Å². The van der Waals surface area contributed by atoms with E-state index in [0.717, 1.165) is 0 Å². The van der Waals surface area contributed by atoms with Gasteiger partial charge in [0, 0.05) is 18.2 Å². The SMILES string of the molecule is Cc1cc(F)ccc1NC(=O)C(C)CN.Cl. The minimum absolute atomic E-state index is 0. The van der Waals surface area contributed by atoms with Crippen molar-refractivity contribution < 1.29 is 9.18 Å². The van der Waals surface area contributed by atoms with Crippen molar-refractivity contribution in [2.24, 2.45) is 11.7 Å². The van der Waals surface area contributed by atoms with Crippen LogP contribution in [0.4, 0.5) is 10.1 Å². The average molecular weight is 247 g/mol. The number of hydrogen-bond donors (Lipinski definition) is 2. The molecule has 3 nitrogen and oxygen atoms in total. The summed E-state index contributed by atoms with van der Waals surface area (Å²) in [5, 5.41) is 2.70. The number of carbonyl (C=O) groups excluding carboxylic acids is 1. The maximum Gasteiger partial charge on any atom is 0.228 e. The van der Waals surface area contributed by atoms with Crippen LogP contribution in [0.5, 0.6) is 0 Å². The van der Waals surface area contributed by atoms with Crippen LogP contribution in [0, 0.1) is 18.7 Å². The maximum atomic E-state index is 12.8. The Morgan fingerprint density at radius 3 is 2.69 bits per heavy atom. The summed E-state index contributed by atoms with van der Waals surface area (Å²) in [5.41, 5.74) is 6.70. The van der Waals surface area contributed by atoms with Crippen LogP contribution < -0.4 is 11.1 Å². The minimum Gasteiger partial charge on any atom is -0.330 e. The van der Waals surface area contributed by atoms with Crippen LogP contribution >= 0.6 is 12.4 Å². The number of halogens is 2. The van der Waals surface area contributed by atoms with Crippen molar-refractivity contribution >= 4 is 24.0 Å². The predicted octanol–water partition coefficient (Wildman–Crippen LogP) is 2.09. The third kappa shape index (κ3) is 3.79. The molecule has 1 rings (SSSR count). The van der Waals surface area contributed by atoms with Crippen molar-refractivity contribution in [3.8, 4) is 0 Å². The highest BCUT2D eigenvalue weighted by molar-refractivity contribution is 5.93. The standard InChI is InChI=1S/C11H15FN2O.ClH/c1-7-5-9(12)3-4-10(7)14-11(15)8(2)6-13;/h3-5,8H,6,13H2,1-2H3,(H,14,15);1H. The van der Waals surface area contributed by atoms with Gasteiger partial charge in [0.25, 0.3) is 0 Å². The molecule has 16 heavy (non-hydrogen) atoms. The van der Waals surface area contributed by atoms with Crippen LogP contribution in [0.3, 0.4) is 0 Å². The number of aryl methyl sites for hydroxylation is 1. The van der Waals surface area contributed by atoms with E-state index < -0.39 is 0 Å². The molecule has 0 spiro atoms. The van der Waals surface area contributed by atoms with Crippen LogP contribution in [0.2, 0.25) is 0 Å². The normalized spacial score (nSPS) is 11.5. The first kappa shape index (κ1) is 14.9. The summed E-state index contributed by atoms with van der Waals surface area (Å²) in [5.74, 6) is -0.695. The van der Waals surface area contributed by atoms with Gasteiger partial charge in [-0.15, -0.1) is 12.4 Å². The fourth-order valence-electron chi connectivity index (χ4n) is 1.13. The molecular formula is C11H16ClFN2O. The van der Waals surface area contributed by atoms with Gasteiger partial charge in [-0.1, -0.05) is 6.92 Å². The molecule has 1 amide bonds. The molecule has 0 aliphatic heterocycles. The van der Waals surface area contributed by atoms with Gasteiger partial charge < -0.3 is 11.1 Å². The van der Waals surface area contributed by atoms with E-state index in [2.05, 4.69) is 5.32 Å². The lowest BCUT2D eigenvalue weighted by atomic mass is 10.1. The molecule has 0 bridgehead atoms. The van der Waals surface area contributed by atoms with Crippen LogP contribution in [-0.4, -0.2) is 12.5 Å². The predicted molar refractivity (Wildman–Crippen MR) is 65.2 cm³/mol. The second-order valence-corrected chi connectivity index (χ2v) is 3.59. The Kier molecular flexibility index (Phi) is 6.00. The molecular weight excluding hydrogens is 231 g/mol. The zero-order chi connectivity index (χ0) is 11.4. The molecule has 0 aromatic heterocycles. The lowest BCUT2D eigenvalue weighted by molar-refractivity contribution is -0.119.